The monoisotopic (exact) mass is 278 g/mol. The lowest BCUT2D eigenvalue weighted by Gasteiger charge is -2.19. The van der Waals surface area contributed by atoms with Crippen LogP contribution >= 0.6 is 11.6 Å². The SMILES string of the molecule is CNC(=O)CCN(C)c1nc(Cl)nc2ccccc12. The van der Waals surface area contributed by atoms with Gasteiger partial charge in [0, 0.05) is 32.4 Å². The lowest BCUT2D eigenvalue weighted by atomic mass is 10.2. The Morgan fingerprint density at radius 2 is 2.11 bits per heavy atom. The Labute approximate surface area is 116 Å². The summed E-state index contributed by atoms with van der Waals surface area (Å²) in [6.45, 7) is 0.566. The van der Waals surface area contributed by atoms with E-state index in [1.807, 2.05) is 36.2 Å². The molecule has 0 radical (unpaired) electrons. The molecule has 0 aliphatic heterocycles. The van der Waals surface area contributed by atoms with Crippen molar-refractivity contribution in [2.24, 2.45) is 0 Å². The van der Waals surface area contributed by atoms with Crippen LogP contribution in [0.5, 0.6) is 0 Å². The molecule has 100 valence electrons. The lowest BCUT2D eigenvalue weighted by Crippen LogP contribution is -2.27. The highest BCUT2D eigenvalue weighted by atomic mass is 35.5. The molecule has 0 saturated carbocycles. The molecule has 19 heavy (non-hydrogen) atoms. The summed E-state index contributed by atoms with van der Waals surface area (Å²) < 4.78 is 0. The van der Waals surface area contributed by atoms with E-state index in [2.05, 4.69) is 15.3 Å². The fourth-order valence-electron chi connectivity index (χ4n) is 1.82. The summed E-state index contributed by atoms with van der Waals surface area (Å²) in [5.41, 5.74) is 0.796. The Morgan fingerprint density at radius 3 is 2.84 bits per heavy atom. The van der Waals surface area contributed by atoms with E-state index in [9.17, 15) is 4.79 Å². The van der Waals surface area contributed by atoms with E-state index in [1.165, 1.54) is 0 Å². The lowest BCUT2D eigenvalue weighted by molar-refractivity contribution is -0.120. The third kappa shape index (κ3) is 3.12. The molecule has 1 aromatic carbocycles. The van der Waals surface area contributed by atoms with Crippen LogP contribution in [0.4, 0.5) is 5.82 Å². The van der Waals surface area contributed by atoms with Crippen molar-refractivity contribution in [3.63, 3.8) is 0 Å². The number of carbonyl (C=O) groups excluding carboxylic acids is 1. The maximum atomic E-state index is 11.3. The Bertz CT molecular complexity index is 602. The van der Waals surface area contributed by atoms with E-state index < -0.39 is 0 Å². The minimum Gasteiger partial charge on any atom is -0.359 e. The Hall–Kier alpha value is -1.88. The zero-order valence-corrected chi connectivity index (χ0v) is 11.6. The van der Waals surface area contributed by atoms with Gasteiger partial charge in [0.1, 0.15) is 5.82 Å². The van der Waals surface area contributed by atoms with Crippen molar-refractivity contribution in [2.45, 2.75) is 6.42 Å². The minimum absolute atomic E-state index is 0.00342. The van der Waals surface area contributed by atoms with Gasteiger partial charge in [0.05, 0.1) is 5.52 Å². The standard InChI is InChI=1S/C13H15ClN4O/c1-15-11(19)7-8-18(2)12-9-5-3-4-6-10(9)16-13(14)17-12/h3-6H,7-8H2,1-2H3,(H,15,19). The van der Waals surface area contributed by atoms with Crippen LogP contribution in [0.1, 0.15) is 6.42 Å². The third-order valence-corrected chi connectivity index (χ3v) is 3.04. The zero-order chi connectivity index (χ0) is 13.8. The van der Waals surface area contributed by atoms with Crippen molar-refractivity contribution in [3.8, 4) is 0 Å². The van der Waals surface area contributed by atoms with Gasteiger partial charge < -0.3 is 10.2 Å². The molecule has 1 heterocycles. The molecule has 0 atom stereocenters. The van der Waals surface area contributed by atoms with Gasteiger partial charge >= 0.3 is 0 Å². The Balaban J connectivity index is 2.30. The summed E-state index contributed by atoms with van der Waals surface area (Å²) in [5, 5.41) is 3.73. The average Bonchev–Trinajstić information content (AvgIpc) is 2.43. The van der Waals surface area contributed by atoms with Gasteiger partial charge in [-0.3, -0.25) is 4.79 Å². The predicted molar refractivity (Wildman–Crippen MR) is 76.5 cm³/mol. The number of rotatable bonds is 4. The largest absolute Gasteiger partial charge is 0.359 e. The summed E-state index contributed by atoms with van der Waals surface area (Å²) >= 11 is 5.93. The van der Waals surface area contributed by atoms with Crippen molar-refractivity contribution < 1.29 is 4.79 Å². The zero-order valence-electron chi connectivity index (χ0n) is 10.9. The van der Waals surface area contributed by atoms with E-state index in [0.717, 1.165) is 16.7 Å². The van der Waals surface area contributed by atoms with E-state index in [0.29, 0.717) is 13.0 Å². The van der Waals surface area contributed by atoms with Crippen LogP contribution in [0, 0.1) is 0 Å². The normalized spacial score (nSPS) is 10.5. The maximum absolute atomic E-state index is 11.3. The van der Waals surface area contributed by atoms with Crippen LogP contribution in [0.2, 0.25) is 5.28 Å². The fourth-order valence-corrected chi connectivity index (χ4v) is 1.99. The first-order valence-corrected chi connectivity index (χ1v) is 6.33. The highest BCUT2D eigenvalue weighted by Gasteiger charge is 2.11. The van der Waals surface area contributed by atoms with Crippen LogP contribution in [0.25, 0.3) is 10.9 Å². The molecule has 0 unspecified atom stereocenters. The third-order valence-electron chi connectivity index (χ3n) is 2.87. The van der Waals surface area contributed by atoms with Gasteiger partial charge in [-0.15, -0.1) is 0 Å². The number of nitrogens with one attached hydrogen (secondary N) is 1. The number of anilines is 1. The number of nitrogens with zero attached hydrogens (tertiary/aromatic N) is 3. The van der Waals surface area contributed by atoms with Gasteiger partial charge in [-0.25, -0.2) is 4.98 Å². The molecule has 0 aliphatic rings. The van der Waals surface area contributed by atoms with E-state index in [1.54, 1.807) is 7.05 Å². The van der Waals surface area contributed by atoms with Gasteiger partial charge in [-0.2, -0.15) is 4.98 Å². The highest BCUT2D eigenvalue weighted by molar-refractivity contribution is 6.28. The van der Waals surface area contributed by atoms with Gasteiger partial charge in [0.15, 0.2) is 0 Å². The van der Waals surface area contributed by atoms with Crippen molar-refractivity contribution in [3.05, 3.63) is 29.5 Å². The molecule has 0 fully saturated rings. The number of fused-ring (bicyclic) bond motifs is 1. The molecule has 0 aliphatic carbocycles. The molecule has 0 saturated heterocycles. The van der Waals surface area contributed by atoms with Crippen molar-refractivity contribution in [1.82, 2.24) is 15.3 Å². The molecule has 1 amide bonds. The number of carbonyl (C=O) groups is 1. The molecular weight excluding hydrogens is 264 g/mol. The molecule has 2 rings (SSSR count). The number of amides is 1. The average molecular weight is 279 g/mol. The number of hydrogen-bond donors (Lipinski definition) is 1. The van der Waals surface area contributed by atoms with Crippen LogP contribution < -0.4 is 10.2 Å². The van der Waals surface area contributed by atoms with Crippen molar-refractivity contribution in [1.29, 1.82) is 0 Å². The van der Waals surface area contributed by atoms with Gasteiger partial charge in [-0.1, -0.05) is 12.1 Å². The molecule has 0 bridgehead atoms. The van der Waals surface area contributed by atoms with E-state index in [4.69, 9.17) is 11.6 Å². The van der Waals surface area contributed by atoms with Crippen molar-refractivity contribution >= 4 is 34.2 Å². The molecule has 6 heteroatoms. The molecule has 0 spiro atoms. The number of halogens is 1. The van der Waals surface area contributed by atoms with Crippen LogP contribution in [-0.4, -0.2) is 36.5 Å². The van der Waals surface area contributed by atoms with E-state index in [-0.39, 0.29) is 11.2 Å². The maximum Gasteiger partial charge on any atom is 0.224 e. The second-order valence-electron chi connectivity index (χ2n) is 4.18. The summed E-state index contributed by atoms with van der Waals surface area (Å²) in [4.78, 5) is 21.6. The fraction of sp³-hybridized carbons (Fsp3) is 0.308. The summed E-state index contributed by atoms with van der Waals surface area (Å²) in [6, 6.07) is 7.66. The predicted octanol–water partition coefficient (Wildman–Crippen LogP) is 1.86. The van der Waals surface area contributed by atoms with Crippen LogP contribution in [0.15, 0.2) is 24.3 Å². The van der Waals surface area contributed by atoms with Gasteiger partial charge in [0.2, 0.25) is 11.2 Å². The second-order valence-corrected chi connectivity index (χ2v) is 4.52. The van der Waals surface area contributed by atoms with Crippen LogP contribution in [0.3, 0.4) is 0 Å². The first-order chi connectivity index (χ1) is 9.11. The number of benzene rings is 1. The molecule has 1 N–H and O–H groups in total. The smallest absolute Gasteiger partial charge is 0.224 e. The minimum atomic E-state index is -0.00342. The second kappa shape index (κ2) is 5.84. The number of aromatic nitrogens is 2. The van der Waals surface area contributed by atoms with Gasteiger partial charge in [-0.05, 0) is 23.7 Å². The quantitative estimate of drug-likeness (QED) is 0.867. The van der Waals surface area contributed by atoms with Gasteiger partial charge in [0.25, 0.3) is 0 Å². The Morgan fingerprint density at radius 1 is 1.37 bits per heavy atom. The van der Waals surface area contributed by atoms with Crippen molar-refractivity contribution in [2.75, 3.05) is 25.5 Å². The number of para-hydroxylation sites is 1. The topological polar surface area (TPSA) is 58.1 Å². The highest BCUT2D eigenvalue weighted by Crippen LogP contribution is 2.24. The Kier molecular flexibility index (Phi) is 4.16. The number of hydrogen-bond acceptors (Lipinski definition) is 4. The first kappa shape index (κ1) is 13.5. The van der Waals surface area contributed by atoms with Crippen LogP contribution in [-0.2, 0) is 4.79 Å². The summed E-state index contributed by atoms with van der Waals surface area (Å²) in [5.74, 6) is 0.732. The molecular formula is C13H15ClN4O. The first-order valence-electron chi connectivity index (χ1n) is 5.96. The summed E-state index contributed by atoms with van der Waals surface area (Å²) in [6.07, 6.45) is 0.406. The molecule has 1 aromatic heterocycles. The molecule has 5 nitrogen and oxygen atoms in total. The molecule has 2 aromatic rings. The van der Waals surface area contributed by atoms with E-state index >= 15 is 0 Å². The summed E-state index contributed by atoms with van der Waals surface area (Å²) in [7, 11) is 3.51.